The van der Waals surface area contributed by atoms with Crippen molar-refractivity contribution in [2.75, 3.05) is 6.61 Å². The number of aliphatic hydroxyl groups excluding tert-OH is 4. The van der Waals surface area contributed by atoms with Crippen LogP contribution in [0.1, 0.15) is 0 Å². The SMILES string of the molecule is NC(=O)N[C@H]1O[C@@H](CO)[C@H](O)[C@@H](O)[C@@H]1O. The first kappa shape index (κ1) is 12.1. The largest absolute Gasteiger partial charge is 0.394 e. The van der Waals surface area contributed by atoms with Gasteiger partial charge in [-0.3, -0.25) is 0 Å². The number of hydrogen-bond donors (Lipinski definition) is 6. The van der Waals surface area contributed by atoms with Crippen LogP contribution < -0.4 is 11.1 Å². The van der Waals surface area contributed by atoms with Gasteiger partial charge in [-0.2, -0.15) is 0 Å². The Kier molecular flexibility index (Phi) is 3.83. The van der Waals surface area contributed by atoms with E-state index in [0.717, 1.165) is 0 Å². The summed E-state index contributed by atoms with van der Waals surface area (Å²) in [6.07, 6.45) is -6.78. The van der Waals surface area contributed by atoms with Gasteiger partial charge < -0.3 is 36.2 Å². The van der Waals surface area contributed by atoms with Crippen LogP contribution in [0.2, 0.25) is 0 Å². The van der Waals surface area contributed by atoms with Crippen molar-refractivity contribution in [2.45, 2.75) is 30.6 Å². The Balaban J connectivity index is 2.69. The van der Waals surface area contributed by atoms with Gasteiger partial charge in [0.15, 0.2) is 6.23 Å². The third-order valence-electron chi connectivity index (χ3n) is 2.18. The zero-order chi connectivity index (χ0) is 11.6. The molecule has 0 radical (unpaired) electrons. The Labute approximate surface area is 85.3 Å². The molecule has 0 spiro atoms. The summed E-state index contributed by atoms with van der Waals surface area (Å²) in [7, 11) is 0. The number of ether oxygens (including phenoxy) is 1. The average molecular weight is 222 g/mol. The Bertz CT molecular complexity index is 236. The molecule has 15 heavy (non-hydrogen) atoms. The molecule has 1 rings (SSSR count). The van der Waals surface area contributed by atoms with Crippen molar-refractivity contribution >= 4 is 6.03 Å². The van der Waals surface area contributed by atoms with Crippen LogP contribution >= 0.6 is 0 Å². The van der Waals surface area contributed by atoms with Crippen LogP contribution in [-0.2, 0) is 4.74 Å². The first-order valence-electron chi connectivity index (χ1n) is 4.34. The Morgan fingerprint density at radius 1 is 1.27 bits per heavy atom. The summed E-state index contributed by atoms with van der Waals surface area (Å²) in [5, 5.41) is 38.9. The Morgan fingerprint density at radius 3 is 2.33 bits per heavy atom. The van der Waals surface area contributed by atoms with Gasteiger partial charge in [-0.25, -0.2) is 4.79 Å². The lowest BCUT2D eigenvalue weighted by molar-refractivity contribution is -0.233. The lowest BCUT2D eigenvalue weighted by Gasteiger charge is -2.39. The molecule has 0 saturated carbocycles. The normalized spacial score (nSPS) is 41.2. The fraction of sp³-hybridized carbons (Fsp3) is 0.857. The maximum atomic E-state index is 10.5. The van der Waals surface area contributed by atoms with Crippen molar-refractivity contribution in [3.05, 3.63) is 0 Å². The molecule has 8 nitrogen and oxygen atoms in total. The smallest absolute Gasteiger partial charge is 0.314 e. The quantitative estimate of drug-likeness (QED) is 0.285. The number of rotatable bonds is 2. The molecule has 0 aromatic carbocycles. The van der Waals surface area contributed by atoms with Gasteiger partial charge in [0.05, 0.1) is 6.61 Å². The number of carbonyl (C=O) groups is 1. The molecule has 7 N–H and O–H groups in total. The second kappa shape index (κ2) is 4.73. The summed E-state index contributed by atoms with van der Waals surface area (Å²) >= 11 is 0. The number of amides is 2. The first-order chi connectivity index (χ1) is 6.97. The van der Waals surface area contributed by atoms with Gasteiger partial charge in [-0.15, -0.1) is 0 Å². The highest BCUT2D eigenvalue weighted by atomic mass is 16.6. The van der Waals surface area contributed by atoms with Crippen molar-refractivity contribution < 1.29 is 30.0 Å². The summed E-state index contributed by atoms with van der Waals surface area (Å²) in [4.78, 5) is 10.5. The molecular formula is C7H14N2O6. The molecule has 0 aliphatic carbocycles. The van der Waals surface area contributed by atoms with Crippen molar-refractivity contribution in [3.63, 3.8) is 0 Å². The lowest BCUT2D eigenvalue weighted by atomic mass is 9.98. The van der Waals surface area contributed by atoms with E-state index in [4.69, 9.17) is 15.6 Å². The maximum absolute atomic E-state index is 10.5. The van der Waals surface area contributed by atoms with Crippen LogP contribution in [0.4, 0.5) is 4.79 Å². The highest BCUT2D eigenvalue weighted by Crippen LogP contribution is 2.19. The van der Waals surface area contributed by atoms with Crippen LogP contribution in [0.3, 0.4) is 0 Å². The Morgan fingerprint density at radius 2 is 1.87 bits per heavy atom. The molecule has 88 valence electrons. The summed E-state index contributed by atoms with van der Waals surface area (Å²) in [5.41, 5.74) is 4.80. The van der Waals surface area contributed by atoms with E-state index >= 15 is 0 Å². The summed E-state index contributed by atoms with van der Waals surface area (Å²) in [6, 6.07) is -0.945. The van der Waals surface area contributed by atoms with Gasteiger partial charge in [0.2, 0.25) is 0 Å². The summed E-state index contributed by atoms with van der Waals surface area (Å²) in [6.45, 7) is -0.554. The fourth-order valence-corrected chi connectivity index (χ4v) is 1.36. The minimum Gasteiger partial charge on any atom is -0.394 e. The van der Waals surface area contributed by atoms with E-state index in [9.17, 15) is 20.1 Å². The van der Waals surface area contributed by atoms with Gasteiger partial charge in [0, 0.05) is 0 Å². The van der Waals surface area contributed by atoms with E-state index in [-0.39, 0.29) is 0 Å². The number of primary amides is 1. The molecular weight excluding hydrogens is 208 g/mol. The van der Waals surface area contributed by atoms with E-state index in [1.807, 2.05) is 5.32 Å². The summed E-state index contributed by atoms with van der Waals surface area (Å²) in [5.74, 6) is 0. The van der Waals surface area contributed by atoms with Gasteiger partial charge in [-0.05, 0) is 0 Å². The minimum atomic E-state index is -1.52. The van der Waals surface area contributed by atoms with Crippen LogP contribution in [-0.4, -0.2) is 63.7 Å². The molecule has 1 saturated heterocycles. The van der Waals surface area contributed by atoms with E-state index < -0.39 is 43.3 Å². The maximum Gasteiger partial charge on any atom is 0.314 e. The zero-order valence-corrected chi connectivity index (χ0v) is 7.78. The molecule has 0 aromatic rings. The standard InChI is InChI=1S/C7H14N2O6/c8-7(14)9-6-5(13)4(12)3(11)2(1-10)15-6/h2-6,10-13H,1H2,(H3,8,9,14)/t2-,3-,4+,5-,6-/m0/s1. The lowest BCUT2D eigenvalue weighted by Crippen LogP contribution is -2.63. The molecule has 1 aliphatic rings. The molecule has 1 fully saturated rings. The van der Waals surface area contributed by atoms with Crippen LogP contribution in [0.15, 0.2) is 0 Å². The van der Waals surface area contributed by atoms with Crippen molar-refractivity contribution in [1.82, 2.24) is 5.32 Å². The van der Waals surface area contributed by atoms with Crippen LogP contribution in [0, 0.1) is 0 Å². The number of aliphatic hydroxyl groups is 4. The highest BCUT2D eigenvalue weighted by molar-refractivity contribution is 5.71. The number of urea groups is 1. The Hall–Kier alpha value is -0.930. The van der Waals surface area contributed by atoms with Crippen LogP contribution in [0.5, 0.6) is 0 Å². The molecule has 0 aromatic heterocycles. The highest BCUT2D eigenvalue weighted by Gasteiger charge is 2.43. The van der Waals surface area contributed by atoms with E-state index in [1.54, 1.807) is 0 Å². The molecule has 1 aliphatic heterocycles. The van der Waals surface area contributed by atoms with E-state index in [0.29, 0.717) is 0 Å². The topological polar surface area (TPSA) is 145 Å². The second-order valence-corrected chi connectivity index (χ2v) is 3.26. The van der Waals surface area contributed by atoms with Crippen LogP contribution in [0.25, 0.3) is 0 Å². The minimum absolute atomic E-state index is 0.554. The monoisotopic (exact) mass is 222 g/mol. The van der Waals surface area contributed by atoms with Gasteiger partial charge in [0.1, 0.15) is 24.4 Å². The van der Waals surface area contributed by atoms with Crippen molar-refractivity contribution in [2.24, 2.45) is 5.73 Å². The van der Waals surface area contributed by atoms with E-state index in [2.05, 4.69) is 0 Å². The molecule has 5 atom stereocenters. The predicted octanol–water partition coefficient (Wildman–Crippen LogP) is -3.55. The molecule has 2 amide bonds. The third-order valence-corrected chi connectivity index (χ3v) is 2.18. The number of hydrogen-bond acceptors (Lipinski definition) is 6. The van der Waals surface area contributed by atoms with Gasteiger partial charge >= 0.3 is 6.03 Å². The predicted molar refractivity (Wildman–Crippen MR) is 46.5 cm³/mol. The zero-order valence-electron chi connectivity index (χ0n) is 7.78. The number of nitrogens with two attached hydrogens (primary N) is 1. The average Bonchev–Trinajstić information content (AvgIpc) is 2.18. The fourth-order valence-electron chi connectivity index (χ4n) is 1.36. The molecule has 1 heterocycles. The van der Waals surface area contributed by atoms with Crippen molar-refractivity contribution in [1.29, 1.82) is 0 Å². The van der Waals surface area contributed by atoms with Crippen molar-refractivity contribution in [3.8, 4) is 0 Å². The molecule has 8 heteroatoms. The van der Waals surface area contributed by atoms with Gasteiger partial charge in [-0.1, -0.05) is 0 Å². The van der Waals surface area contributed by atoms with E-state index in [1.165, 1.54) is 0 Å². The molecule has 0 unspecified atom stereocenters. The first-order valence-corrected chi connectivity index (χ1v) is 4.34. The molecule has 0 bridgehead atoms. The second-order valence-electron chi connectivity index (χ2n) is 3.26. The number of carbonyl (C=O) groups excluding carboxylic acids is 1. The third kappa shape index (κ3) is 2.55. The van der Waals surface area contributed by atoms with Gasteiger partial charge in [0.25, 0.3) is 0 Å². The number of nitrogens with one attached hydrogen (secondary N) is 1. The summed E-state index contributed by atoms with van der Waals surface area (Å²) < 4.78 is 4.92.